The molecule has 2 aromatic carbocycles. The molecule has 0 aliphatic carbocycles. The molecule has 6 nitrogen and oxygen atoms in total. The minimum Gasteiger partial charge on any atom is -0.454 e. The lowest BCUT2D eigenvalue weighted by Gasteiger charge is -2.06. The summed E-state index contributed by atoms with van der Waals surface area (Å²) in [6.07, 6.45) is 0. The zero-order valence-corrected chi connectivity index (χ0v) is 17.2. The van der Waals surface area contributed by atoms with Crippen LogP contribution in [0, 0.1) is 6.92 Å². The first-order valence-corrected chi connectivity index (χ1v) is 10.7. The number of nitrogens with zero attached hydrogens (tertiary/aromatic N) is 1. The Balaban J connectivity index is 1.29. The molecule has 0 spiro atoms. The summed E-state index contributed by atoms with van der Waals surface area (Å²) in [6.45, 7) is 1.79. The minimum absolute atomic E-state index is 0.139. The molecule has 148 valence electrons. The van der Waals surface area contributed by atoms with E-state index >= 15 is 0 Å². The van der Waals surface area contributed by atoms with Crippen molar-refractivity contribution in [3.63, 3.8) is 0 Å². The number of ketones is 1. The fraction of sp³-hybridized carbons (Fsp3) is 0.190. The van der Waals surface area contributed by atoms with Gasteiger partial charge in [-0.2, -0.15) is 0 Å². The predicted octanol–water partition coefficient (Wildman–Crippen LogP) is 4.51. The molecule has 0 saturated heterocycles. The highest BCUT2D eigenvalue weighted by atomic mass is 32.2. The van der Waals surface area contributed by atoms with Gasteiger partial charge >= 0.3 is 5.97 Å². The van der Waals surface area contributed by atoms with Crippen LogP contribution in [0.5, 0.6) is 11.5 Å². The number of benzene rings is 2. The lowest BCUT2D eigenvalue weighted by atomic mass is 10.1. The van der Waals surface area contributed by atoms with E-state index in [4.69, 9.17) is 14.2 Å². The van der Waals surface area contributed by atoms with Crippen molar-refractivity contribution >= 4 is 34.9 Å². The second-order valence-corrected chi connectivity index (χ2v) is 8.35. The fourth-order valence-corrected chi connectivity index (χ4v) is 4.20. The largest absolute Gasteiger partial charge is 0.454 e. The molecule has 1 aliphatic rings. The van der Waals surface area contributed by atoms with Crippen molar-refractivity contribution in [1.82, 2.24) is 4.98 Å². The normalized spacial score (nSPS) is 12.0. The molecule has 8 heteroatoms. The van der Waals surface area contributed by atoms with Gasteiger partial charge in [-0.15, -0.1) is 23.1 Å². The summed E-state index contributed by atoms with van der Waals surface area (Å²) in [5.74, 6) is 1.05. The van der Waals surface area contributed by atoms with Crippen molar-refractivity contribution in [2.75, 3.05) is 13.4 Å². The number of thiazole rings is 1. The number of hydrogen-bond acceptors (Lipinski definition) is 8. The van der Waals surface area contributed by atoms with Gasteiger partial charge in [-0.25, -0.2) is 9.78 Å². The molecule has 1 aliphatic heterocycles. The number of thioether (sulfide) groups is 1. The third-order valence-electron chi connectivity index (χ3n) is 4.17. The number of ether oxygens (including phenoxy) is 3. The van der Waals surface area contributed by atoms with Crippen LogP contribution in [0.1, 0.15) is 31.4 Å². The Bertz CT molecular complexity index is 1050. The Morgan fingerprint density at radius 2 is 1.86 bits per heavy atom. The molecule has 0 fully saturated rings. The number of rotatable bonds is 7. The standard InChI is InChI=1S/C21H17NO5S2/c1-13-22-16(10-28-13)11-29-17-5-2-14(3-6-17)21(24)25-9-18(23)15-4-7-19-20(8-15)27-12-26-19/h2-8,10H,9,11-12H2,1H3. The van der Waals surface area contributed by atoms with Gasteiger partial charge in [0.05, 0.1) is 16.3 Å². The van der Waals surface area contributed by atoms with Gasteiger partial charge in [0.15, 0.2) is 23.9 Å². The molecule has 0 N–H and O–H groups in total. The Morgan fingerprint density at radius 1 is 1.10 bits per heavy atom. The summed E-state index contributed by atoms with van der Waals surface area (Å²) in [6, 6.07) is 12.0. The lowest BCUT2D eigenvalue weighted by Crippen LogP contribution is -2.14. The average Bonchev–Trinajstić information content (AvgIpc) is 3.38. The van der Waals surface area contributed by atoms with E-state index in [2.05, 4.69) is 4.98 Å². The summed E-state index contributed by atoms with van der Waals surface area (Å²) in [5, 5.41) is 3.10. The van der Waals surface area contributed by atoms with Crippen LogP contribution in [0.15, 0.2) is 52.7 Å². The van der Waals surface area contributed by atoms with Crippen molar-refractivity contribution in [2.45, 2.75) is 17.6 Å². The first-order valence-electron chi connectivity index (χ1n) is 8.82. The van der Waals surface area contributed by atoms with Crippen molar-refractivity contribution < 1.29 is 23.8 Å². The predicted molar refractivity (Wildman–Crippen MR) is 110 cm³/mol. The molecule has 4 rings (SSSR count). The molecule has 0 unspecified atom stereocenters. The number of fused-ring (bicyclic) bond motifs is 1. The Kier molecular flexibility index (Phi) is 5.82. The highest BCUT2D eigenvalue weighted by Crippen LogP contribution is 2.32. The van der Waals surface area contributed by atoms with Crippen LogP contribution in [0.4, 0.5) is 0 Å². The molecule has 0 amide bonds. The van der Waals surface area contributed by atoms with Crippen LogP contribution in [0.2, 0.25) is 0 Å². The van der Waals surface area contributed by atoms with Crippen LogP contribution in [-0.4, -0.2) is 30.1 Å². The van der Waals surface area contributed by atoms with Crippen LogP contribution < -0.4 is 9.47 Å². The number of carbonyl (C=O) groups is 2. The molecule has 29 heavy (non-hydrogen) atoms. The Hall–Kier alpha value is -2.84. The van der Waals surface area contributed by atoms with Gasteiger partial charge in [0.25, 0.3) is 0 Å². The zero-order chi connectivity index (χ0) is 20.2. The van der Waals surface area contributed by atoms with Crippen LogP contribution in [0.3, 0.4) is 0 Å². The van der Waals surface area contributed by atoms with Crippen LogP contribution in [-0.2, 0) is 10.5 Å². The first kappa shape index (κ1) is 19.5. The van der Waals surface area contributed by atoms with Gasteiger partial charge in [-0.3, -0.25) is 4.79 Å². The minimum atomic E-state index is -0.536. The molecular formula is C21H17NO5S2. The van der Waals surface area contributed by atoms with Crippen molar-refractivity contribution in [3.05, 3.63) is 69.7 Å². The molecule has 0 bridgehead atoms. The van der Waals surface area contributed by atoms with E-state index in [0.29, 0.717) is 22.6 Å². The van der Waals surface area contributed by atoms with Crippen molar-refractivity contribution in [1.29, 1.82) is 0 Å². The number of carbonyl (C=O) groups excluding carboxylic acids is 2. The fourth-order valence-electron chi connectivity index (χ4n) is 2.69. The summed E-state index contributed by atoms with van der Waals surface area (Å²) < 4.78 is 15.6. The summed E-state index contributed by atoms with van der Waals surface area (Å²) >= 11 is 3.28. The van der Waals surface area contributed by atoms with Gasteiger partial charge < -0.3 is 14.2 Å². The Morgan fingerprint density at radius 3 is 2.62 bits per heavy atom. The van der Waals surface area contributed by atoms with Crippen LogP contribution in [0.25, 0.3) is 0 Å². The second-order valence-electron chi connectivity index (χ2n) is 6.24. The summed E-state index contributed by atoms with van der Waals surface area (Å²) in [4.78, 5) is 30.0. The lowest BCUT2D eigenvalue weighted by molar-refractivity contribution is 0.0474. The second kappa shape index (κ2) is 8.67. The molecule has 0 atom stereocenters. The SMILES string of the molecule is Cc1nc(CSc2ccc(C(=O)OCC(=O)c3ccc4c(c3)OCO4)cc2)cs1. The third-order valence-corrected chi connectivity index (χ3v) is 6.04. The van der Waals surface area contributed by atoms with E-state index in [1.54, 1.807) is 53.4 Å². The molecular weight excluding hydrogens is 410 g/mol. The number of aromatic nitrogens is 1. The molecule has 3 aromatic rings. The van der Waals surface area contributed by atoms with E-state index in [1.807, 2.05) is 24.4 Å². The van der Waals surface area contributed by atoms with E-state index in [9.17, 15) is 9.59 Å². The molecule has 1 aromatic heterocycles. The molecule has 2 heterocycles. The maximum absolute atomic E-state index is 12.3. The number of esters is 1. The van der Waals surface area contributed by atoms with Crippen molar-refractivity contribution in [3.8, 4) is 11.5 Å². The average molecular weight is 428 g/mol. The van der Waals surface area contributed by atoms with E-state index in [1.165, 1.54) is 0 Å². The maximum Gasteiger partial charge on any atom is 0.338 e. The highest BCUT2D eigenvalue weighted by Gasteiger charge is 2.17. The van der Waals surface area contributed by atoms with Gasteiger partial charge in [-0.1, -0.05) is 0 Å². The van der Waals surface area contributed by atoms with Gasteiger partial charge in [-0.05, 0) is 49.4 Å². The van der Waals surface area contributed by atoms with Gasteiger partial charge in [0, 0.05) is 21.6 Å². The van der Waals surface area contributed by atoms with Gasteiger partial charge in [0.2, 0.25) is 6.79 Å². The first-order chi connectivity index (χ1) is 14.1. The Labute approximate surface area is 175 Å². The van der Waals surface area contributed by atoms with Crippen LogP contribution >= 0.6 is 23.1 Å². The number of Topliss-reactive ketones (excluding diaryl/α,β-unsaturated/α-hetero) is 1. The number of aryl methyl sites for hydroxylation is 1. The van der Waals surface area contributed by atoms with E-state index in [0.717, 1.165) is 21.3 Å². The summed E-state index contributed by atoms with van der Waals surface area (Å²) in [7, 11) is 0. The molecule has 0 radical (unpaired) electrons. The molecule has 0 saturated carbocycles. The van der Waals surface area contributed by atoms with E-state index < -0.39 is 5.97 Å². The zero-order valence-electron chi connectivity index (χ0n) is 15.5. The summed E-state index contributed by atoms with van der Waals surface area (Å²) in [5.41, 5.74) is 1.85. The van der Waals surface area contributed by atoms with E-state index in [-0.39, 0.29) is 19.2 Å². The highest BCUT2D eigenvalue weighted by molar-refractivity contribution is 7.98. The quantitative estimate of drug-likeness (QED) is 0.312. The maximum atomic E-state index is 12.3. The third kappa shape index (κ3) is 4.78. The monoisotopic (exact) mass is 427 g/mol. The smallest absolute Gasteiger partial charge is 0.338 e. The van der Waals surface area contributed by atoms with Crippen molar-refractivity contribution in [2.24, 2.45) is 0 Å². The van der Waals surface area contributed by atoms with Gasteiger partial charge in [0.1, 0.15) is 0 Å². The topological polar surface area (TPSA) is 74.7 Å². The number of hydrogen-bond donors (Lipinski definition) is 0.